The molecule has 0 aliphatic carbocycles. The summed E-state index contributed by atoms with van der Waals surface area (Å²) in [6.45, 7) is 27.9. The maximum Gasteiger partial charge on any atom is 0.251 e. The van der Waals surface area contributed by atoms with Crippen molar-refractivity contribution in [3.8, 4) is 28.2 Å². The number of benzene rings is 12. The molecule has 7 heteroatoms. The van der Waals surface area contributed by atoms with E-state index in [1.807, 2.05) is 23.1 Å². The Morgan fingerprint density at radius 1 is 0.316 bits per heavy atom. The molecule has 4 aromatic heterocycles. The maximum absolute atomic E-state index is 2.66. The van der Waals surface area contributed by atoms with Gasteiger partial charge in [-0.25, -0.2) is 0 Å². The predicted octanol–water partition coefficient (Wildman–Crippen LogP) is 23.0. The van der Waals surface area contributed by atoms with Crippen LogP contribution in [-0.2, 0) is 21.7 Å². The largest absolute Gasteiger partial charge is 0.311 e. The van der Waals surface area contributed by atoms with Gasteiger partial charge in [0.1, 0.15) is 0 Å². The van der Waals surface area contributed by atoms with Crippen molar-refractivity contribution in [1.82, 2.24) is 13.7 Å². The molecule has 0 atom stereocenters. The zero-order valence-corrected chi connectivity index (χ0v) is 57.8. The van der Waals surface area contributed by atoms with E-state index < -0.39 is 0 Å². The highest BCUT2D eigenvalue weighted by Crippen LogP contribution is 2.52. The summed E-state index contributed by atoms with van der Waals surface area (Å²) in [7, 11) is 0. The number of nitrogens with zero attached hydrogens (tertiary/aromatic N) is 4. The van der Waals surface area contributed by atoms with Gasteiger partial charge in [0.05, 0.1) is 44.5 Å². The standard InChI is InChI=1S/C88H75BN4S2/c1-85(2,3)53-34-40-71-63(44-53)64-45-54(86(4,5)6)35-41-72(64)90(71)57-38-39-67-75(48-57)93(68-30-20-16-26-59(68)52-24-14-13-15-25-52)77-49-58(91-69-31-21-17-27-60(69)61-28-18-22-32-70(61)91)50-79-82(77)89(67)83-80(94-79)51-76(81-62-29-19-23-33-78(62)95-84(81)83)92-73-42-36-55(87(7,8)9)46-65(73)66-47-56(88(10,11)12)37-43-74(66)92/h13-51H,1-12H3. The van der Waals surface area contributed by atoms with Crippen LogP contribution in [0, 0.1) is 0 Å². The highest BCUT2D eigenvalue weighted by molar-refractivity contribution is 8.00. The highest BCUT2D eigenvalue weighted by atomic mass is 32.2. The molecular formula is C88H75BN4S2. The van der Waals surface area contributed by atoms with E-state index in [1.54, 1.807) is 0 Å². The summed E-state index contributed by atoms with van der Waals surface area (Å²) in [5, 5.41) is 10.2. The summed E-state index contributed by atoms with van der Waals surface area (Å²) in [6.07, 6.45) is 0. The molecule has 0 amide bonds. The van der Waals surface area contributed by atoms with Crippen molar-refractivity contribution in [3.05, 3.63) is 259 Å². The number of rotatable bonds is 5. The number of para-hydroxylation sites is 3. The summed E-state index contributed by atoms with van der Waals surface area (Å²) in [5.41, 5.74) is 25.8. The molecule has 0 fully saturated rings. The fourth-order valence-electron chi connectivity index (χ4n) is 15.9. The number of anilines is 3. The highest BCUT2D eigenvalue weighted by Gasteiger charge is 2.44. The van der Waals surface area contributed by atoms with Crippen LogP contribution in [0.25, 0.3) is 114 Å². The second-order valence-corrected chi connectivity index (χ2v) is 33.1. The van der Waals surface area contributed by atoms with E-state index in [0.717, 1.165) is 17.1 Å². The third-order valence-corrected chi connectivity index (χ3v) is 23.2. The first-order valence-corrected chi connectivity index (χ1v) is 35.4. The van der Waals surface area contributed by atoms with E-state index in [9.17, 15) is 0 Å². The number of fused-ring (bicyclic) bond motifs is 17. The first-order valence-electron chi connectivity index (χ1n) is 33.8. The molecular weight excluding hydrogens is 1190 g/mol. The quantitative estimate of drug-likeness (QED) is 0.160. The molecule has 18 rings (SSSR count). The molecule has 2 aliphatic rings. The van der Waals surface area contributed by atoms with E-state index >= 15 is 0 Å². The fraction of sp³-hybridized carbons (Fsp3) is 0.182. The average molecular weight is 1260 g/mol. The SMILES string of the molecule is CC(C)(C)c1ccc2c(c1)c1cc(C(C)(C)C)ccc1n2-c1ccc2c(c1)N(c1ccccc1-c1ccccc1)c1cc(-n3c4ccccc4c4ccccc43)cc3c1B2c1c(cc(-n2c4ccc(C(C)(C)C)cc4c4cc(C(C)(C)C)ccc42)c2c1sc1ccccc12)S3. The van der Waals surface area contributed by atoms with E-state index in [-0.39, 0.29) is 28.4 Å². The summed E-state index contributed by atoms with van der Waals surface area (Å²) in [6, 6.07) is 91.6. The van der Waals surface area contributed by atoms with Crippen LogP contribution in [0.15, 0.2) is 246 Å². The van der Waals surface area contributed by atoms with Crippen LogP contribution >= 0.6 is 23.1 Å². The summed E-state index contributed by atoms with van der Waals surface area (Å²) < 4.78 is 10.4. The van der Waals surface area contributed by atoms with Crippen LogP contribution in [0.2, 0.25) is 0 Å². The van der Waals surface area contributed by atoms with Gasteiger partial charge in [-0.05, 0) is 169 Å². The summed E-state index contributed by atoms with van der Waals surface area (Å²) >= 11 is 3.93. The lowest BCUT2D eigenvalue weighted by molar-refractivity contribution is 0.590. The second kappa shape index (κ2) is 20.5. The van der Waals surface area contributed by atoms with Crippen LogP contribution in [0.3, 0.4) is 0 Å². The number of hydrogen-bond donors (Lipinski definition) is 0. The average Bonchev–Trinajstić information content (AvgIpc) is 1.68. The second-order valence-electron chi connectivity index (χ2n) is 31.0. The monoisotopic (exact) mass is 1260 g/mol. The molecule has 0 saturated carbocycles. The molecule has 0 radical (unpaired) electrons. The molecule has 0 saturated heterocycles. The Morgan fingerprint density at radius 2 is 0.768 bits per heavy atom. The third-order valence-electron chi connectivity index (χ3n) is 20.9. The third kappa shape index (κ3) is 8.80. The lowest BCUT2D eigenvalue weighted by Crippen LogP contribution is -2.60. The summed E-state index contributed by atoms with van der Waals surface area (Å²) in [5.74, 6) is 0. The van der Waals surface area contributed by atoms with Crippen LogP contribution < -0.4 is 21.3 Å². The normalized spacial score (nSPS) is 13.6. The van der Waals surface area contributed by atoms with Crippen molar-refractivity contribution >= 4 is 149 Å². The Bertz CT molecular complexity index is 5750. The lowest BCUT2D eigenvalue weighted by atomic mass is 9.34. The Morgan fingerprint density at radius 3 is 1.33 bits per heavy atom. The minimum Gasteiger partial charge on any atom is -0.311 e. The van der Waals surface area contributed by atoms with Crippen molar-refractivity contribution in [2.45, 2.75) is 115 Å². The topological polar surface area (TPSA) is 18.0 Å². The molecule has 462 valence electrons. The van der Waals surface area contributed by atoms with Gasteiger partial charge in [-0.1, -0.05) is 228 Å². The molecule has 16 aromatic rings. The van der Waals surface area contributed by atoms with Crippen LogP contribution in [-0.4, -0.2) is 20.4 Å². The molecule has 0 N–H and O–H groups in total. The zero-order chi connectivity index (χ0) is 64.9. The van der Waals surface area contributed by atoms with Crippen LogP contribution in [0.4, 0.5) is 17.1 Å². The van der Waals surface area contributed by atoms with Gasteiger partial charge in [0.15, 0.2) is 0 Å². The molecule has 0 spiro atoms. The molecule has 4 nitrogen and oxygen atoms in total. The van der Waals surface area contributed by atoms with Crippen LogP contribution in [0.5, 0.6) is 0 Å². The lowest BCUT2D eigenvalue weighted by Gasteiger charge is -2.41. The van der Waals surface area contributed by atoms with Crippen molar-refractivity contribution in [2.24, 2.45) is 0 Å². The van der Waals surface area contributed by atoms with Crippen LogP contribution in [0.1, 0.15) is 105 Å². The van der Waals surface area contributed by atoms with Gasteiger partial charge in [0.25, 0.3) is 6.71 Å². The van der Waals surface area contributed by atoms with Gasteiger partial charge >= 0.3 is 0 Å². The molecule has 6 heterocycles. The Labute approximate surface area is 565 Å². The number of thiophene rings is 1. The van der Waals surface area contributed by atoms with Gasteiger partial charge in [-0.15, -0.1) is 11.3 Å². The smallest absolute Gasteiger partial charge is 0.251 e. The van der Waals surface area contributed by atoms with E-state index in [1.165, 1.54) is 162 Å². The van der Waals surface area contributed by atoms with Gasteiger partial charge in [0.2, 0.25) is 0 Å². The Kier molecular flexibility index (Phi) is 12.5. The number of aromatic nitrogens is 3. The van der Waals surface area contributed by atoms with Crippen molar-refractivity contribution in [3.63, 3.8) is 0 Å². The van der Waals surface area contributed by atoms with Crippen molar-refractivity contribution in [1.29, 1.82) is 0 Å². The fourth-order valence-corrected chi connectivity index (χ4v) is 18.6. The Hall–Kier alpha value is -9.53. The molecule has 95 heavy (non-hydrogen) atoms. The van der Waals surface area contributed by atoms with Gasteiger partial charge < -0.3 is 18.6 Å². The minimum absolute atomic E-state index is 0.0279. The van der Waals surface area contributed by atoms with Gasteiger partial charge in [0, 0.05) is 90.6 Å². The summed E-state index contributed by atoms with van der Waals surface area (Å²) in [4.78, 5) is 5.21. The molecule has 12 aromatic carbocycles. The minimum atomic E-state index is -0.138. The van der Waals surface area contributed by atoms with Gasteiger partial charge in [-0.2, -0.15) is 0 Å². The molecule has 0 bridgehead atoms. The molecule has 0 unspecified atom stereocenters. The van der Waals surface area contributed by atoms with E-state index in [4.69, 9.17) is 0 Å². The zero-order valence-electron chi connectivity index (χ0n) is 56.2. The van der Waals surface area contributed by atoms with E-state index in [0.29, 0.717) is 0 Å². The van der Waals surface area contributed by atoms with Gasteiger partial charge in [-0.3, -0.25) is 0 Å². The van der Waals surface area contributed by atoms with E-state index in [2.05, 4.69) is 338 Å². The molecule has 2 aliphatic heterocycles. The predicted molar refractivity (Wildman–Crippen MR) is 412 cm³/mol. The van der Waals surface area contributed by atoms with Crippen molar-refractivity contribution in [2.75, 3.05) is 4.90 Å². The first kappa shape index (κ1) is 58.1. The van der Waals surface area contributed by atoms with Crippen molar-refractivity contribution < 1.29 is 0 Å². The Balaban J connectivity index is 0.981. The number of hydrogen-bond acceptors (Lipinski definition) is 3. The first-order chi connectivity index (χ1) is 45.7. The maximum atomic E-state index is 2.66.